The molecule has 1 aromatic heterocycles. The fraction of sp³-hybridized carbons (Fsp3) is 0.688. The molecule has 2 aliphatic rings. The van der Waals surface area contributed by atoms with E-state index in [2.05, 4.69) is 34.2 Å². The summed E-state index contributed by atoms with van der Waals surface area (Å²) < 4.78 is 13.5. The molecule has 0 spiro atoms. The number of hydrogen-bond acceptors (Lipinski definition) is 4. The van der Waals surface area contributed by atoms with Crippen LogP contribution in [0.1, 0.15) is 31.2 Å². The molecule has 1 saturated carbocycles. The highest BCUT2D eigenvalue weighted by Gasteiger charge is 2.25. The van der Waals surface area contributed by atoms with Gasteiger partial charge in [0.25, 0.3) is 0 Å². The van der Waals surface area contributed by atoms with Crippen LogP contribution in [0, 0.1) is 5.82 Å². The summed E-state index contributed by atoms with van der Waals surface area (Å²) in [5, 5.41) is 3.47. The van der Waals surface area contributed by atoms with Crippen molar-refractivity contribution in [1.82, 2.24) is 15.2 Å². The number of aromatic nitrogens is 1. The molecule has 0 amide bonds. The highest BCUT2D eigenvalue weighted by atomic mass is 19.1. The van der Waals surface area contributed by atoms with Crippen LogP contribution in [0.5, 0.6) is 0 Å². The first-order valence-corrected chi connectivity index (χ1v) is 7.92. The van der Waals surface area contributed by atoms with Crippen LogP contribution in [0.2, 0.25) is 0 Å². The second-order valence-electron chi connectivity index (χ2n) is 6.47. The van der Waals surface area contributed by atoms with Crippen molar-refractivity contribution in [1.29, 1.82) is 0 Å². The first kappa shape index (κ1) is 14.7. The third-order valence-electron chi connectivity index (χ3n) is 4.56. The van der Waals surface area contributed by atoms with E-state index in [4.69, 9.17) is 0 Å². The maximum absolute atomic E-state index is 13.5. The molecular formula is C16H25FN4. The second-order valence-corrected chi connectivity index (χ2v) is 6.47. The van der Waals surface area contributed by atoms with Crippen LogP contribution in [0.3, 0.4) is 0 Å². The van der Waals surface area contributed by atoms with E-state index in [0.717, 1.165) is 43.9 Å². The van der Waals surface area contributed by atoms with E-state index >= 15 is 0 Å². The summed E-state index contributed by atoms with van der Waals surface area (Å²) in [6, 6.07) is 2.91. The van der Waals surface area contributed by atoms with Gasteiger partial charge >= 0.3 is 0 Å². The molecule has 116 valence electrons. The summed E-state index contributed by atoms with van der Waals surface area (Å²) in [5.41, 5.74) is 0.991. The average molecular weight is 292 g/mol. The number of halogens is 1. The van der Waals surface area contributed by atoms with Crippen molar-refractivity contribution in [2.45, 2.75) is 44.3 Å². The van der Waals surface area contributed by atoms with E-state index in [-0.39, 0.29) is 5.82 Å². The van der Waals surface area contributed by atoms with Gasteiger partial charge in [-0.25, -0.2) is 9.37 Å². The molecule has 5 heteroatoms. The van der Waals surface area contributed by atoms with Crippen LogP contribution in [0.15, 0.2) is 12.3 Å². The Morgan fingerprint density at radius 2 is 2.00 bits per heavy atom. The molecule has 0 aromatic carbocycles. The zero-order chi connectivity index (χ0) is 14.8. The molecule has 0 unspecified atom stereocenters. The van der Waals surface area contributed by atoms with Crippen LogP contribution < -0.4 is 10.2 Å². The number of pyridine rings is 1. The van der Waals surface area contributed by atoms with Gasteiger partial charge in [0.05, 0.1) is 6.20 Å². The lowest BCUT2D eigenvalue weighted by Gasteiger charge is -2.36. The van der Waals surface area contributed by atoms with Gasteiger partial charge in [-0.05, 0) is 45.8 Å². The molecule has 0 atom stereocenters. The van der Waals surface area contributed by atoms with Crippen molar-refractivity contribution in [3.05, 3.63) is 23.6 Å². The molecule has 2 heterocycles. The van der Waals surface area contributed by atoms with E-state index < -0.39 is 0 Å². The predicted molar refractivity (Wildman–Crippen MR) is 83.0 cm³/mol. The summed E-state index contributed by atoms with van der Waals surface area (Å²) in [4.78, 5) is 8.97. The number of piperidine rings is 1. The Morgan fingerprint density at radius 3 is 2.62 bits per heavy atom. The van der Waals surface area contributed by atoms with Gasteiger partial charge < -0.3 is 15.1 Å². The number of anilines is 1. The van der Waals surface area contributed by atoms with Gasteiger partial charge in [0, 0.05) is 37.3 Å². The van der Waals surface area contributed by atoms with Crippen molar-refractivity contribution in [2.75, 3.05) is 32.1 Å². The summed E-state index contributed by atoms with van der Waals surface area (Å²) >= 11 is 0. The molecule has 2 fully saturated rings. The quantitative estimate of drug-likeness (QED) is 0.899. The smallest absolute Gasteiger partial charge is 0.141 e. The summed E-state index contributed by atoms with van der Waals surface area (Å²) in [6.45, 7) is 2.72. The molecule has 1 saturated heterocycles. The molecule has 3 rings (SSSR count). The Morgan fingerprint density at radius 1 is 1.29 bits per heavy atom. The zero-order valence-corrected chi connectivity index (χ0v) is 13.0. The fourth-order valence-corrected chi connectivity index (χ4v) is 3.02. The van der Waals surface area contributed by atoms with E-state index in [1.807, 2.05) is 0 Å². The monoisotopic (exact) mass is 292 g/mol. The highest BCUT2D eigenvalue weighted by Crippen LogP contribution is 2.25. The van der Waals surface area contributed by atoms with Crippen LogP contribution in [-0.4, -0.2) is 49.2 Å². The number of nitrogens with one attached hydrogen (secondary N) is 1. The van der Waals surface area contributed by atoms with E-state index in [9.17, 15) is 4.39 Å². The van der Waals surface area contributed by atoms with Crippen LogP contribution in [-0.2, 0) is 6.54 Å². The Labute approximate surface area is 126 Å². The lowest BCUT2D eigenvalue weighted by molar-refractivity contribution is 0.249. The van der Waals surface area contributed by atoms with Crippen molar-refractivity contribution < 1.29 is 4.39 Å². The number of hydrogen-bond donors (Lipinski definition) is 1. The molecule has 1 N–H and O–H groups in total. The van der Waals surface area contributed by atoms with Crippen LogP contribution >= 0.6 is 0 Å². The normalized spacial score (nSPS) is 20.3. The summed E-state index contributed by atoms with van der Waals surface area (Å²) in [6.07, 6.45) is 6.11. The molecule has 1 aliphatic carbocycles. The van der Waals surface area contributed by atoms with Crippen molar-refractivity contribution in [2.24, 2.45) is 0 Å². The van der Waals surface area contributed by atoms with Gasteiger partial charge in [0.15, 0.2) is 0 Å². The Kier molecular flexibility index (Phi) is 4.40. The predicted octanol–water partition coefficient (Wildman–Crippen LogP) is 2.00. The van der Waals surface area contributed by atoms with Crippen LogP contribution in [0.25, 0.3) is 0 Å². The minimum atomic E-state index is -0.241. The van der Waals surface area contributed by atoms with Gasteiger partial charge in [0.1, 0.15) is 11.6 Å². The van der Waals surface area contributed by atoms with Crippen molar-refractivity contribution in [3.8, 4) is 0 Å². The second kappa shape index (κ2) is 6.28. The fourth-order valence-electron chi connectivity index (χ4n) is 3.02. The van der Waals surface area contributed by atoms with Gasteiger partial charge in [-0.2, -0.15) is 0 Å². The Hall–Kier alpha value is -1.20. The van der Waals surface area contributed by atoms with Gasteiger partial charge in [-0.3, -0.25) is 0 Å². The lowest BCUT2D eigenvalue weighted by Crippen LogP contribution is -2.42. The molecular weight excluding hydrogens is 267 g/mol. The molecule has 1 aliphatic heterocycles. The van der Waals surface area contributed by atoms with Gasteiger partial charge in [-0.1, -0.05) is 0 Å². The third kappa shape index (κ3) is 3.71. The van der Waals surface area contributed by atoms with Crippen LogP contribution in [0.4, 0.5) is 10.2 Å². The summed E-state index contributed by atoms with van der Waals surface area (Å²) in [7, 11) is 4.28. The maximum Gasteiger partial charge on any atom is 0.141 e. The van der Waals surface area contributed by atoms with Crippen molar-refractivity contribution >= 4 is 5.82 Å². The minimum Gasteiger partial charge on any atom is -0.356 e. The number of nitrogens with zero attached hydrogens (tertiary/aromatic N) is 3. The van der Waals surface area contributed by atoms with E-state index in [1.54, 1.807) is 6.07 Å². The van der Waals surface area contributed by atoms with Gasteiger partial charge in [0.2, 0.25) is 0 Å². The Bertz CT molecular complexity index is 479. The maximum atomic E-state index is 13.5. The topological polar surface area (TPSA) is 31.4 Å². The molecule has 21 heavy (non-hydrogen) atoms. The summed E-state index contributed by atoms with van der Waals surface area (Å²) in [5.74, 6) is 0.719. The lowest BCUT2D eigenvalue weighted by atomic mass is 10.0. The number of rotatable bonds is 5. The SMILES string of the molecule is CN(C)C1CCN(c2ncc(F)cc2CNC2CC2)CC1. The van der Waals surface area contributed by atoms with E-state index in [1.165, 1.54) is 19.0 Å². The highest BCUT2D eigenvalue weighted by molar-refractivity contribution is 5.47. The minimum absolute atomic E-state index is 0.241. The largest absolute Gasteiger partial charge is 0.356 e. The zero-order valence-electron chi connectivity index (χ0n) is 13.0. The Balaban J connectivity index is 1.68. The molecule has 1 aromatic rings. The third-order valence-corrected chi connectivity index (χ3v) is 4.56. The average Bonchev–Trinajstić information content (AvgIpc) is 3.29. The van der Waals surface area contributed by atoms with E-state index in [0.29, 0.717) is 12.1 Å². The molecule has 0 bridgehead atoms. The first-order chi connectivity index (χ1) is 10.1. The standard InChI is InChI=1S/C16H25FN4/c1-20(2)15-5-7-21(8-6-15)16-12(9-13(17)11-19-16)10-18-14-3-4-14/h9,11,14-15,18H,3-8,10H2,1-2H3. The van der Waals surface area contributed by atoms with Gasteiger partial charge in [-0.15, -0.1) is 0 Å². The molecule has 4 nitrogen and oxygen atoms in total. The first-order valence-electron chi connectivity index (χ1n) is 7.92. The molecule has 0 radical (unpaired) electrons. The van der Waals surface area contributed by atoms with Crippen molar-refractivity contribution in [3.63, 3.8) is 0 Å².